The molecule has 17 heavy (non-hydrogen) atoms. The molecule has 0 radical (unpaired) electrons. The Kier molecular flexibility index (Phi) is 2.49. The zero-order valence-electron chi connectivity index (χ0n) is 11.7. The van der Waals surface area contributed by atoms with E-state index in [4.69, 9.17) is 4.74 Å². The first-order chi connectivity index (χ1) is 7.93. The maximum atomic E-state index is 6.16. The quantitative estimate of drug-likeness (QED) is 0.659. The molecule has 0 aromatic heterocycles. The molecule has 0 aromatic carbocycles. The van der Waals surface area contributed by atoms with E-state index in [0.29, 0.717) is 23.4 Å². The van der Waals surface area contributed by atoms with Crippen LogP contribution in [-0.4, -0.2) is 12.7 Å². The lowest BCUT2D eigenvalue weighted by molar-refractivity contribution is -0.0561. The fourth-order valence-electron chi connectivity index (χ4n) is 4.58. The first-order valence-corrected chi connectivity index (χ1v) is 7.23. The molecule has 1 saturated heterocycles. The van der Waals surface area contributed by atoms with Gasteiger partial charge in [0, 0.05) is 11.8 Å². The van der Waals surface area contributed by atoms with Crippen LogP contribution in [0, 0.1) is 35.0 Å². The first kappa shape index (κ1) is 11.8. The maximum absolute atomic E-state index is 6.16. The van der Waals surface area contributed by atoms with Crippen molar-refractivity contribution < 1.29 is 4.74 Å². The lowest BCUT2D eigenvalue weighted by Gasteiger charge is -2.42. The minimum atomic E-state index is 0.452. The van der Waals surface area contributed by atoms with Gasteiger partial charge in [0.05, 0.1) is 12.7 Å². The van der Waals surface area contributed by atoms with Crippen molar-refractivity contribution in [2.24, 2.45) is 35.0 Å². The van der Waals surface area contributed by atoms with Gasteiger partial charge in [-0.2, -0.15) is 0 Å². The average Bonchev–Trinajstić information content (AvgIpc) is 2.71. The molecule has 2 bridgehead atoms. The summed E-state index contributed by atoms with van der Waals surface area (Å²) in [7, 11) is 0. The number of ether oxygens (including phenoxy) is 1. The Labute approximate surface area is 106 Å². The molecule has 0 amide bonds. The zero-order chi connectivity index (χ0) is 12.4. The smallest absolute Gasteiger partial charge is 0.0646 e. The molecule has 3 aliphatic rings. The summed E-state index contributed by atoms with van der Waals surface area (Å²) in [5.74, 6) is 3.85. The van der Waals surface area contributed by atoms with Gasteiger partial charge in [0.25, 0.3) is 0 Å². The third-order valence-electron chi connectivity index (χ3n) is 5.63. The van der Waals surface area contributed by atoms with Crippen molar-refractivity contribution in [3.05, 3.63) is 12.2 Å². The second kappa shape index (κ2) is 3.60. The second-order valence-electron chi connectivity index (χ2n) is 7.49. The van der Waals surface area contributed by atoms with Gasteiger partial charge in [0.15, 0.2) is 0 Å². The molecule has 0 spiro atoms. The molecule has 3 rings (SSSR count). The lowest BCUT2D eigenvalue weighted by atomic mass is 9.71. The molecule has 0 unspecified atom stereocenters. The Morgan fingerprint density at radius 1 is 1.41 bits per heavy atom. The Bertz CT molecular complexity index is 341. The van der Waals surface area contributed by atoms with Crippen LogP contribution in [0.15, 0.2) is 12.2 Å². The highest BCUT2D eigenvalue weighted by Gasteiger charge is 2.66. The SMILES string of the molecule is C=C1[C@H]2CO[C@H](CC(C)C)[C@H]1[C@H]1[C@H](C2)C1(C)C. The van der Waals surface area contributed by atoms with E-state index in [1.807, 2.05) is 0 Å². The van der Waals surface area contributed by atoms with E-state index in [1.165, 1.54) is 18.4 Å². The van der Waals surface area contributed by atoms with Crippen molar-refractivity contribution in [2.45, 2.75) is 46.6 Å². The molecule has 3 fully saturated rings. The number of fused-ring (bicyclic) bond motifs is 4. The molecule has 96 valence electrons. The van der Waals surface area contributed by atoms with Crippen LogP contribution in [0.4, 0.5) is 0 Å². The van der Waals surface area contributed by atoms with Gasteiger partial charge in [-0.3, -0.25) is 0 Å². The van der Waals surface area contributed by atoms with Crippen LogP contribution >= 0.6 is 0 Å². The molecule has 1 heteroatoms. The summed E-state index contributed by atoms with van der Waals surface area (Å²) >= 11 is 0. The molecular formula is C16H26O. The Morgan fingerprint density at radius 2 is 2.12 bits per heavy atom. The first-order valence-electron chi connectivity index (χ1n) is 7.23. The Balaban J connectivity index is 1.85. The summed E-state index contributed by atoms with van der Waals surface area (Å²) in [6.45, 7) is 14.9. The summed E-state index contributed by atoms with van der Waals surface area (Å²) in [6.07, 6.45) is 2.99. The largest absolute Gasteiger partial charge is 0.377 e. The normalized spacial score (nSPS) is 46.9. The third-order valence-corrected chi connectivity index (χ3v) is 5.63. The van der Waals surface area contributed by atoms with Crippen LogP contribution in [0.1, 0.15) is 40.5 Å². The summed E-state index contributed by atoms with van der Waals surface area (Å²) in [5, 5.41) is 0. The minimum Gasteiger partial charge on any atom is -0.377 e. The summed E-state index contributed by atoms with van der Waals surface area (Å²) in [5.41, 5.74) is 2.07. The Hall–Kier alpha value is -0.300. The molecule has 1 aliphatic heterocycles. The van der Waals surface area contributed by atoms with Crippen molar-refractivity contribution in [2.75, 3.05) is 6.61 Å². The predicted octanol–water partition coefficient (Wildman–Crippen LogP) is 3.90. The topological polar surface area (TPSA) is 9.23 Å². The van der Waals surface area contributed by atoms with Gasteiger partial charge in [-0.1, -0.05) is 39.8 Å². The highest BCUT2D eigenvalue weighted by Crippen LogP contribution is 2.70. The fourth-order valence-corrected chi connectivity index (χ4v) is 4.58. The van der Waals surface area contributed by atoms with Gasteiger partial charge >= 0.3 is 0 Å². The van der Waals surface area contributed by atoms with E-state index in [9.17, 15) is 0 Å². The second-order valence-corrected chi connectivity index (χ2v) is 7.49. The lowest BCUT2D eigenvalue weighted by Crippen LogP contribution is -2.41. The predicted molar refractivity (Wildman–Crippen MR) is 70.7 cm³/mol. The number of rotatable bonds is 2. The molecular weight excluding hydrogens is 208 g/mol. The van der Waals surface area contributed by atoms with Crippen LogP contribution in [-0.2, 0) is 4.74 Å². The van der Waals surface area contributed by atoms with Crippen LogP contribution < -0.4 is 0 Å². The van der Waals surface area contributed by atoms with E-state index >= 15 is 0 Å². The average molecular weight is 234 g/mol. The van der Waals surface area contributed by atoms with Gasteiger partial charge < -0.3 is 4.74 Å². The van der Waals surface area contributed by atoms with Gasteiger partial charge in [0.2, 0.25) is 0 Å². The molecule has 5 atom stereocenters. The van der Waals surface area contributed by atoms with Crippen LogP contribution in [0.2, 0.25) is 0 Å². The van der Waals surface area contributed by atoms with Gasteiger partial charge in [-0.05, 0) is 36.0 Å². The summed E-state index contributed by atoms with van der Waals surface area (Å²) in [6, 6.07) is 0. The molecule has 2 aliphatic carbocycles. The van der Waals surface area contributed by atoms with Gasteiger partial charge in [-0.25, -0.2) is 0 Å². The zero-order valence-corrected chi connectivity index (χ0v) is 11.7. The summed E-state index contributed by atoms with van der Waals surface area (Å²) < 4.78 is 6.16. The van der Waals surface area contributed by atoms with Crippen LogP contribution in [0.5, 0.6) is 0 Å². The van der Waals surface area contributed by atoms with E-state index in [-0.39, 0.29) is 0 Å². The van der Waals surface area contributed by atoms with Gasteiger partial charge in [-0.15, -0.1) is 0 Å². The monoisotopic (exact) mass is 234 g/mol. The standard InChI is InChI=1S/C16H26O/c1-9(2)6-13-14-10(3)11(8-17-13)7-12-15(14)16(12,4)5/h9,11-15H,3,6-8H2,1-2,4-5H3/t11-,12+,13-,14+,15-/m1/s1. The van der Waals surface area contributed by atoms with E-state index < -0.39 is 0 Å². The molecule has 1 nitrogen and oxygen atoms in total. The highest BCUT2D eigenvalue weighted by atomic mass is 16.5. The highest BCUT2D eigenvalue weighted by molar-refractivity contribution is 5.26. The fraction of sp³-hybridized carbons (Fsp3) is 0.875. The van der Waals surface area contributed by atoms with E-state index in [2.05, 4.69) is 34.3 Å². The molecule has 1 heterocycles. The minimum absolute atomic E-state index is 0.452. The Morgan fingerprint density at radius 3 is 2.76 bits per heavy atom. The molecule has 0 N–H and O–H groups in total. The van der Waals surface area contributed by atoms with Crippen molar-refractivity contribution in [1.29, 1.82) is 0 Å². The van der Waals surface area contributed by atoms with Crippen molar-refractivity contribution in [1.82, 2.24) is 0 Å². The van der Waals surface area contributed by atoms with Crippen molar-refractivity contribution >= 4 is 0 Å². The van der Waals surface area contributed by atoms with E-state index in [0.717, 1.165) is 24.4 Å². The summed E-state index contributed by atoms with van der Waals surface area (Å²) in [4.78, 5) is 0. The third kappa shape index (κ3) is 1.62. The number of hydrogen-bond acceptors (Lipinski definition) is 1. The molecule has 2 saturated carbocycles. The number of hydrogen-bond donors (Lipinski definition) is 0. The van der Waals surface area contributed by atoms with E-state index in [1.54, 1.807) is 0 Å². The van der Waals surface area contributed by atoms with Crippen molar-refractivity contribution in [3.8, 4) is 0 Å². The maximum Gasteiger partial charge on any atom is 0.0646 e. The van der Waals surface area contributed by atoms with Crippen LogP contribution in [0.3, 0.4) is 0 Å². The van der Waals surface area contributed by atoms with Crippen molar-refractivity contribution in [3.63, 3.8) is 0 Å². The van der Waals surface area contributed by atoms with Gasteiger partial charge in [0.1, 0.15) is 0 Å². The van der Waals surface area contributed by atoms with Crippen LogP contribution in [0.25, 0.3) is 0 Å². The molecule has 0 aromatic rings.